The molecule has 0 aliphatic carbocycles. The first kappa shape index (κ1) is 14.4. The molecule has 0 radical (unpaired) electrons. The molecule has 2 heterocycles. The van der Waals surface area contributed by atoms with Crippen molar-refractivity contribution in [2.24, 2.45) is 0 Å². The molecule has 1 aromatic rings. The van der Waals surface area contributed by atoms with E-state index in [2.05, 4.69) is 26.1 Å². The van der Waals surface area contributed by atoms with E-state index in [1.165, 1.54) is 5.56 Å². The third kappa shape index (κ3) is 2.65. The van der Waals surface area contributed by atoms with Gasteiger partial charge in [0.05, 0.1) is 5.69 Å². The van der Waals surface area contributed by atoms with E-state index < -0.39 is 0 Å². The van der Waals surface area contributed by atoms with Crippen LogP contribution in [0.15, 0.2) is 0 Å². The smallest absolute Gasteiger partial charge is 0.160 e. The van der Waals surface area contributed by atoms with E-state index >= 15 is 0 Å². The molecular weight excluding hydrogens is 238 g/mol. The number of nitrogens with one attached hydrogen (secondary N) is 1. The van der Waals surface area contributed by atoms with Crippen molar-refractivity contribution in [1.29, 1.82) is 0 Å². The van der Waals surface area contributed by atoms with Gasteiger partial charge in [-0.25, -0.2) is 9.97 Å². The van der Waals surface area contributed by atoms with Crippen molar-refractivity contribution >= 4 is 0 Å². The van der Waals surface area contributed by atoms with Crippen molar-refractivity contribution in [2.75, 3.05) is 13.2 Å². The summed E-state index contributed by atoms with van der Waals surface area (Å²) in [6.07, 6.45) is 2.84. The van der Waals surface area contributed by atoms with Crippen LogP contribution in [0.2, 0.25) is 0 Å². The lowest BCUT2D eigenvalue weighted by molar-refractivity contribution is -0.0574. The van der Waals surface area contributed by atoms with Gasteiger partial charge in [-0.2, -0.15) is 0 Å². The molecule has 0 amide bonds. The topological polar surface area (TPSA) is 47.0 Å². The van der Waals surface area contributed by atoms with Gasteiger partial charge in [-0.3, -0.25) is 0 Å². The van der Waals surface area contributed by atoms with Crippen LogP contribution in [0.25, 0.3) is 0 Å². The summed E-state index contributed by atoms with van der Waals surface area (Å²) >= 11 is 0. The van der Waals surface area contributed by atoms with Gasteiger partial charge in [0, 0.05) is 18.8 Å². The number of aryl methyl sites for hydroxylation is 1. The minimum absolute atomic E-state index is 0.327. The average Bonchev–Trinajstić information content (AvgIpc) is 2.45. The second kappa shape index (κ2) is 5.97. The number of hydrogen-bond acceptors (Lipinski definition) is 4. The van der Waals surface area contributed by atoms with Crippen molar-refractivity contribution in [3.8, 4) is 0 Å². The Labute approximate surface area is 116 Å². The van der Waals surface area contributed by atoms with Crippen LogP contribution in [0.3, 0.4) is 0 Å². The van der Waals surface area contributed by atoms with Crippen LogP contribution >= 0.6 is 0 Å². The fourth-order valence-electron chi connectivity index (χ4n) is 2.86. The van der Waals surface area contributed by atoms with Gasteiger partial charge >= 0.3 is 0 Å². The van der Waals surface area contributed by atoms with E-state index in [0.29, 0.717) is 6.61 Å². The molecule has 0 spiro atoms. The van der Waals surface area contributed by atoms with E-state index in [-0.39, 0.29) is 5.60 Å². The van der Waals surface area contributed by atoms with Gasteiger partial charge in [0.1, 0.15) is 5.60 Å². The van der Waals surface area contributed by atoms with Gasteiger partial charge in [0.25, 0.3) is 0 Å². The highest BCUT2D eigenvalue weighted by Gasteiger charge is 2.33. The molecule has 0 saturated carbocycles. The van der Waals surface area contributed by atoms with Crippen molar-refractivity contribution in [3.05, 3.63) is 22.8 Å². The Morgan fingerprint density at radius 3 is 2.58 bits per heavy atom. The summed E-state index contributed by atoms with van der Waals surface area (Å²) in [7, 11) is 0. The highest BCUT2D eigenvalue weighted by molar-refractivity contribution is 5.28. The molecule has 1 aliphatic rings. The molecule has 0 aromatic carbocycles. The van der Waals surface area contributed by atoms with Gasteiger partial charge in [-0.05, 0) is 45.2 Å². The Kier molecular flexibility index (Phi) is 4.53. The third-order valence-electron chi connectivity index (χ3n) is 4.11. The average molecular weight is 263 g/mol. The molecule has 1 aliphatic heterocycles. The number of aromatic nitrogens is 2. The third-order valence-corrected chi connectivity index (χ3v) is 4.11. The number of nitrogens with zero attached hydrogens (tertiary/aromatic N) is 2. The lowest BCUT2D eigenvalue weighted by Crippen LogP contribution is -2.34. The maximum Gasteiger partial charge on any atom is 0.160 e. The summed E-state index contributed by atoms with van der Waals surface area (Å²) in [6, 6.07) is 0. The first-order chi connectivity index (χ1) is 9.16. The van der Waals surface area contributed by atoms with Crippen LogP contribution in [0, 0.1) is 6.92 Å². The highest BCUT2D eigenvalue weighted by Crippen LogP contribution is 2.32. The van der Waals surface area contributed by atoms with E-state index in [9.17, 15) is 0 Å². The first-order valence-electron chi connectivity index (χ1n) is 7.38. The number of fused-ring (bicyclic) bond motifs is 1. The number of rotatable bonds is 5. The molecule has 19 heavy (non-hydrogen) atoms. The van der Waals surface area contributed by atoms with Gasteiger partial charge in [0.2, 0.25) is 0 Å². The molecule has 0 saturated heterocycles. The predicted molar refractivity (Wildman–Crippen MR) is 76.1 cm³/mol. The van der Waals surface area contributed by atoms with Crippen molar-refractivity contribution < 1.29 is 4.74 Å². The Morgan fingerprint density at radius 2 is 1.95 bits per heavy atom. The van der Waals surface area contributed by atoms with Crippen LogP contribution in [0.5, 0.6) is 0 Å². The van der Waals surface area contributed by atoms with E-state index in [4.69, 9.17) is 14.7 Å². The Morgan fingerprint density at radius 1 is 1.21 bits per heavy atom. The van der Waals surface area contributed by atoms with Gasteiger partial charge < -0.3 is 10.1 Å². The normalized spacial score (nSPS) is 15.4. The molecule has 0 atom stereocenters. The minimum atomic E-state index is -0.327. The Hall–Kier alpha value is -1.00. The minimum Gasteiger partial charge on any atom is -0.367 e. The van der Waals surface area contributed by atoms with Gasteiger partial charge in [-0.1, -0.05) is 13.8 Å². The fourth-order valence-corrected chi connectivity index (χ4v) is 2.86. The largest absolute Gasteiger partial charge is 0.367 e. The second-order valence-corrected chi connectivity index (χ2v) is 5.12. The summed E-state index contributed by atoms with van der Waals surface area (Å²) in [6.45, 7) is 11.0. The molecule has 0 unspecified atom stereocenters. The van der Waals surface area contributed by atoms with E-state index in [0.717, 1.165) is 49.6 Å². The second-order valence-electron chi connectivity index (χ2n) is 5.12. The van der Waals surface area contributed by atoms with E-state index in [1.807, 2.05) is 6.92 Å². The number of hydrogen-bond donors (Lipinski definition) is 1. The molecule has 4 nitrogen and oxygen atoms in total. The maximum absolute atomic E-state index is 6.01. The first-order valence-corrected chi connectivity index (χ1v) is 7.38. The van der Waals surface area contributed by atoms with Gasteiger partial charge in [-0.15, -0.1) is 0 Å². The lowest BCUT2D eigenvalue weighted by atomic mass is 9.94. The molecule has 0 bridgehead atoms. The predicted octanol–water partition coefficient (Wildman–Crippen LogP) is 2.48. The van der Waals surface area contributed by atoms with Crippen LogP contribution in [0.1, 0.15) is 56.4 Å². The molecule has 1 aromatic heterocycles. The summed E-state index contributed by atoms with van der Waals surface area (Å²) in [5.41, 5.74) is 3.26. The zero-order valence-electron chi connectivity index (χ0n) is 12.5. The maximum atomic E-state index is 6.01. The van der Waals surface area contributed by atoms with Gasteiger partial charge in [0.15, 0.2) is 5.82 Å². The number of ether oxygens (including phenoxy) is 1. The lowest BCUT2D eigenvalue weighted by Gasteiger charge is -2.31. The van der Waals surface area contributed by atoms with Crippen molar-refractivity contribution in [1.82, 2.24) is 15.3 Å². The fraction of sp³-hybridized carbons (Fsp3) is 0.733. The van der Waals surface area contributed by atoms with E-state index in [1.54, 1.807) is 0 Å². The highest BCUT2D eigenvalue weighted by atomic mass is 16.5. The monoisotopic (exact) mass is 263 g/mol. The molecule has 4 heteroatoms. The zero-order valence-corrected chi connectivity index (χ0v) is 12.5. The Bertz CT molecular complexity index is 441. The zero-order chi connectivity index (χ0) is 13.9. The standard InChI is InChI=1S/C15H25N3O/c1-5-15(6-2,19-7-3)14-17-11(4)12-8-9-16-10-13(12)18-14/h16H,5-10H2,1-4H3. The summed E-state index contributed by atoms with van der Waals surface area (Å²) in [4.78, 5) is 9.56. The molecule has 1 N–H and O–H groups in total. The summed E-state index contributed by atoms with van der Waals surface area (Å²) in [5.74, 6) is 0.860. The van der Waals surface area contributed by atoms with Crippen LogP contribution < -0.4 is 5.32 Å². The molecule has 106 valence electrons. The summed E-state index contributed by atoms with van der Waals surface area (Å²) in [5, 5.41) is 3.38. The van der Waals surface area contributed by atoms with Crippen LogP contribution in [-0.4, -0.2) is 23.1 Å². The molecule has 2 rings (SSSR count). The Balaban J connectivity index is 2.46. The van der Waals surface area contributed by atoms with Crippen LogP contribution in [0.4, 0.5) is 0 Å². The van der Waals surface area contributed by atoms with Crippen LogP contribution in [-0.2, 0) is 23.3 Å². The summed E-state index contributed by atoms with van der Waals surface area (Å²) < 4.78 is 6.01. The molecule has 0 fully saturated rings. The molecular formula is C15H25N3O. The van der Waals surface area contributed by atoms with Crippen molar-refractivity contribution in [3.63, 3.8) is 0 Å². The van der Waals surface area contributed by atoms with Crippen molar-refractivity contribution in [2.45, 2.75) is 59.1 Å². The quantitative estimate of drug-likeness (QED) is 0.886. The SMILES string of the molecule is CCOC(CC)(CC)c1nc(C)c2c(n1)CNCC2.